The molecule has 3 heteroatoms. The Labute approximate surface area is 118 Å². The zero-order valence-corrected chi connectivity index (χ0v) is 11.3. The Hall–Kier alpha value is -1.74. The van der Waals surface area contributed by atoms with Crippen molar-refractivity contribution >= 4 is 0 Å². The summed E-state index contributed by atoms with van der Waals surface area (Å²) < 4.78 is 13.4. The molecule has 1 aromatic carbocycles. The molecular formula is C17H18FNO. The highest BCUT2D eigenvalue weighted by Gasteiger charge is 2.42. The van der Waals surface area contributed by atoms with E-state index < -0.39 is 11.9 Å². The van der Waals surface area contributed by atoms with Crippen LogP contribution in [0.5, 0.6) is 0 Å². The molecule has 3 rings (SSSR count). The number of hydrogen-bond acceptors (Lipinski definition) is 2. The maximum atomic E-state index is 13.4. The number of nitrogens with zero attached hydrogens (tertiary/aromatic N) is 1. The first-order valence-corrected chi connectivity index (χ1v) is 7.06. The normalized spacial score (nSPS) is 18.9. The lowest BCUT2D eigenvalue weighted by Crippen LogP contribution is -2.30. The smallest absolute Gasteiger partial charge is 0.141 e. The third-order valence-electron chi connectivity index (χ3n) is 4.41. The molecule has 1 aliphatic carbocycles. The van der Waals surface area contributed by atoms with E-state index in [0.717, 1.165) is 31.2 Å². The minimum Gasteiger partial charge on any atom is -0.387 e. The van der Waals surface area contributed by atoms with Gasteiger partial charge in [-0.25, -0.2) is 4.39 Å². The third kappa shape index (κ3) is 2.22. The van der Waals surface area contributed by atoms with Gasteiger partial charge in [-0.15, -0.1) is 0 Å². The Balaban J connectivity index is 2.03. The van der Waals surface area contributed by atoms with Crippen LogP contribution in [0.4, 0.5) is 4.39 Å². The predicted octanol–water partition coefficient (Wildman–Crippen LogP) is 3.77. The van der Waals surface area contributed by atoms with Crippen LogP contribution in [0, 0.1) is 5.82 Å². The highest BCUT2D eigenvalue weighted by atomic mass is 19.1. The summed E-state index contributed by atoms with van der Waals surface area (Å²) in [7, 11) is 0. The molecule has 0 aliphatic heterocycles. The second-order valence-electron chi connectivity index (χ2n) is 5.57. The van der Waals surface area contributed by atoms with Crippen LogP contribution in [0.25, 0.3) is 0 Å². The Morgan fingerprint density at radius 3 is 2.45 bits per heavy atom. The average Bonchev–Trinajstić information content (AvgIpc) is 2.98. The number of hydrogen-bond donors (Lipinski definition) is 1. The van der Waals surface area contributed by atoms with Crippen molar-refractivity contribution in [3.63, 3.8) is 0 Å². The number of pyridine rings is 1. The van der Waals surface area contributed by atoms with Crippen molar-refractivity contribution in [1.29, 1.82) is 0 Å². The molecule has 1 heterocycles. The van der Waals surface area contributed by atoms with Gasteiger partial charge < -0.3 is 5.11 Å². The lowest BCUT2D eigenvalue weighted by Gasteiger charge is -2.35. The highest BCUT2D eigenvalue weighted by molar-refractivity contribution is 5.32. The quantitative estimate of drug-likeness (QED) is 0.922. The summed E-state index contributed by atoms with van der Waals surface area (Å²) in [6, 6.07) is 11.5. The SMILES string of the molecule is OC(c1cncc(F)c1)C1(c2ccccc2)CCCC1. The molecule has 1 atom stereocenters. The second-order valence-corrected chi connectivity index (χ2v) is 5.57. The van der Waals surface area contributed by atoms with Gasteiger partial charge in [-0.3, -0.25) is 4.98 Å². The fourth-order valence-electron chi connectivity index (χ4n) is 3.39. The maximum Gasteiger partial charge on any atom is 0.141 e. The number of aromatic nitrogens is 1. The van der Waals surface area contributed by atoms with Gasteiger partial charge >= 0.3 is 0 Å². The monoisotopic (exact) mass is 271 g/mol. The van der Waals surface area contributed by atoms with Crippen LogP contribution in [0.2, 0.25) is 0 Å². The lowest BCUT2D eigenvalue weighted by molar-refractivity contribution is 0.0816. The molecule has 2 nitrogen and oxygen atoms in total. The summed E-state index contributed by atoms with van der Waals surface area (Å²) in [6.45, 7) is 0. The number of aliphatic hydroxyl groups is 1. The van der Waals surface area contributed by atoms with Crippen molar-refractivity contribution in [2.75, 3.05) is 0 Å². The van der Waals surface area contributed by atoms with Gasteiger partial charge in [-0.2, -0.15) is 0 Å². The van der Waals surface area contributed by atoms with Crippen molar-refractivity contribution in [2.24, 2.45) is 0 Å². The van der Waals surface area contributed by atoms with Crippen LogP contribution >= 0.6 is 0 Å². The summed E-state index contributed by atoms with van der Waals surface area (Å²) in [5, 5.41) is 10.8. The first-order chi connectivity index (χ1) is 9.72. The van der Waals surface area contributed by atoms with E-state index in [9.17, 15) is 9.50 Å². The first-order valence-electron chi connectivity index (χ1n) is 7.06. The third-order valence-corrected chi connectivity index (χ3v) is 4.41. The number of rotatable bonds is 3. The van der Waals surface area contributed by atoms with Crippen molar-refractivity contribution in [3.8, 4) is 0 Å². The molecule has 0 bridgehead atoms. The van der Waals surface area contributed by atoms with Crippen molar-refractivity contribution < 1.29 is 9.50 Å². The summed E-state index contributed by atoms with van der Waals surface area (Å²) >= 11 is 0. The molecular weight excluding hydrogens is 253 g/mol. The fraction of sp³-hybridized carbons (Fsp3) is 0.353. The summed E-state index contributed by atoms with van der Waals surface area (Å²) in [6.07, 6.45) is 6.06. The van der Waals surface area contributed by atoms with Crippen molar-refractivity contribution in [1.82, 2.24) is 4.98 Å². The van der Waals surface area contributed by atoms with Gasteiger partial charge in [0.1, 0.15) is 5.82 Å². The highest BCUT2D eigenvalue weighted by Crippen LogP contribution is 2.49. The van der Waals surface area contributed by atoms with Crippen LogP contribution in [0.1, 0.15) is 42.9 Å². The van der Waals surface area contributed by atoms with E-state index in [1.54, 1.807) is 6.20 Å². The van der Waals surface area contributed by atoms with Gasteiger partial charge in [0, 0.05) is 17.2 Å². The molecule has 0 radical (unpaired) electrons. The molecule has 1 unspecified atom stereocenters. The largest absolute Gasteiger partial charge is 0.387 e. The van der Waals surface area contributed by atoms with Gasteiger partial charge in [-0.05, 0) is 24.5 Å². The molecule has 1 aliphatic rings. The molecule has 0 amide bonds. The van der Waals surface area contributed by atoms with Gasteiger partial charge in [0.05, 0.1) is 12.3 Å². The Kier molecular flexibility index (Phi) is 3.53. The second kappa shape index (κ2) is 5.33. The van der Waals surface area contributed by atoms with Crippen LogP contribution in [0.15, 0.2) is 48.8 Å². The fourth-order valence-corrected chi connectivity index (χ4v) is 3.39. The maximum absolute atomic E-state index is 13.4. The molecule has 1 saturated carbocycles. The predicted molar refractivity (Wildman–Crippen MR) is 75.7 cm³/mol. The Bertz CT molecular complexity index is 579. The molecule has 2 aromatic rings. The van der Waals surface area contributed by atoms with E-state index in [1.807, 2.05) is 18.2 Å². The molecule has 1 fully saturated rings. The van der Waals surface area contributed by atoms with E-state index in [-0.39, 0.29) is 5.41 Å². The van der Waals surface area contributed by atoms with E-state index in [2.05, 4.69) is 17.1 Å². The van der Waals surface area contributed by atoms with E-state index in [4.69, 9.17) is 0 Å². The summed E-state index contributed by atoms with van der Waals surface area (Å²) in [5.41, 5.74) is 1.39. The molecule has 20 heavy (non-hydrogen) atoms. The Morgan fingerprint density at radius 2 is 1.80 bits per heavy atom. The minimum atomic E-state index is -0.712. The van der Waals surface area contributed by atoms with Crippen LogP contribution in [0.3, 0.4) is 0 Å². The lowest BCUT2D eigenvalue weighted by atomic mass is 9.72. The summed E-state index contributed by atoms with van der Waals surface area (Å²) in [4.78, 5) is 3.87. The first kappa shape index (κ1) is 13.3. The zero-order chi connectivity index (χ0) is 14.0. The van der Waals surface area contributed by atoms with E-state index >= 15 is 0 Å². The molecule has 104 valence electrons. The molecule has 1 N–H and O–H groups in total. The topological polar surface area (TPSA) is 33.1 Å². The van der Waals surface area contributed by atoms with Gasteiger partial charge in [0.2, 0.25) is 0 Å². The van der Waals surface area contributed by atoms with Crippen LogP contribution in [-0.4, -0.2) is 10.1 Å². The molecule has 0 spiro atoms. The van der Waals surface area contributed by atoms with E-state index in [1.165, 1.54) is 12.3 Å². The van der Waals surface area contributed by atoms with Gasteiger partial charge in [0.15, 0.2) is 0 Å². The zero-order valence-electron chi connectivity index (χ0n) is 11.3. The van der Waals surface area contributed by atoms with Gasteiger partial charge in [0.25, 0.3) is 0 Å². The number of halogens is 1. The Morgan fingerprint density at radius 1 is 1.10 bits per heavy atom. The average molecular weight is 271 g/mol. The van der Waals surface area contributed by atoms with Crippen LogP contribution in [-0.2, 0) is 5.41 Å². The van der Waals surface area contributed by atoms with Crippen LogP contribution < -0.4 is 0 Å². The standard InChI is InChI=1S/C17H18FNO/c18-15-10-13(11-19-12-15)16(20)17(8-4-5-9-17)14-6-2-1-3-7-14/h1-3,6-7,10-12,16,20H,4-5,8-9H2. The van der Waals surface area contributed by atoms with Crippen molar-refractivity contribution in [2.45, 2.75) is 37.2 Å². The molecule has 0 saturated heterocycles. The van der Waals surface area contributed by atoms with E-state index in [0.29, 0.717) is 5.56 Å². The minimum absolute atomic E-state index is 0.309. The van der Waals surface area contributed by atoms with Crippen molar-refractivity contribution in [3.05, 3.63) is 65.7 Å². The van der Waals surface area contributed by atoms with Gasteiger partial charge in [-0.1, -0.05) is 43.2 Å². The summed E-state index contributed by atoms with van der Waals surface area (Å²) in [5.74, 6) is -0.400. The molecule has 1 aromatic heterocycles. The number of aliphatic hydroxyl groups excluding tert-OH is 1. The number of benzene rings is 1.